The van der Waals surface area contributed by atoms with Crippen LogP contribution in [0.4, 0.5) is 18.9 Å². The number of nitrogens with zero attached hydrogens (tertiary/aromatic N) is 1. The van der Waals surface area contributed by atoms with Crippen LogP contribution in [-0.4, -0.2) is 29.5 Å². The Kier molecular flexibility index (Phi) is 5.03. The zero-order chi connectivity index (χ0) is 15.3. The smallest absolute Gasteiger partial charge is 0.433 e. The number of anilines is 1. The standard InChI is InChI=1S/C11H12F3N3O3/c1-2-20-10(19)8(15)9(18)17-6-3-4-7(16-5-6)11(12,13)14/h3-5,8H,2,15H2,1H3,(H,17,18). The van der Waals surface area contributed by atoms with E-state index in [1.165, 1.54) is 0 Å². The maximum absolute atomic E-state index is 12.3. The van der Waals surface area contributed by atoms with Gasteiger partial charge in [-0.2, -0.15) is 13.2 Å². The number of hydrogen-bond acceptors (Lipinski definition) is 5. The second kappa shape index (κ2) is 6.33. The highest BCUT2D eigenvalue weighted by Crippen LogP contribution is 2.27. The largest absolute Gasteiger partial charge is 0.464 e. The number of carbonyl (C=O) groups is 2. The predicted octanol–water partition coefficient (Wildman–Crippen LogP) is 0.929. The second-order valence-corrected chi connectivity index (χ2v) is 3.65. The van der Waals surface area contributed by atoms with E-state index in [9.17, 15) is 22.8 Å². The Morgan fingerprint density at radius 3 is 2.55 bits per heavy atom. The summed E-state index contributed by atoms with van der Waals surface area (Å²) >= 11 is 0. The molecule has 6 nitrogen and oxygen atoms in total. The van der Waals surface area contributed by atoms with Gasteiger partial charge in [-0.3, -0.25) is 4.79 Å². The molecule has 3 N–H and O–H groups in total. The maximum Gasteiger partial charge on any atom is 0.433 e. The number of nitrogens with two attached hydrogens (primary N) is 1. The van der Waals surface area contributed by atoms with Crippen molar-refractivity contribution in [1.29, 1.82) is 0 Å². The third-order valence-corrected chi connectivity index (χ3v) is 2.14. The van der Waals surface area contributed by atoms with Crippen LogP contribution in [-0.2, 0) is 20.5 Å². The lowest BCUT2D eigenvalue weighted by atomic mass is 10.2. The van der Waals surface area contributed by atoms with Crippen LogP contribution in [0.1, 0.15) is 12.6 Å². The summed E-state index contributed by atoms with van der Waals surface area (Å²) in [7, 11) is 0. The molecule has 0 aliphatic heterocycles. The fraction of sp³-hybridized carbons (Fsp3) is 0.364. The third kappa shape index (κ3) is 4.19. The number of esters is 1. The van der Waals surface area contributed by atoms with E-state index in [4.69, 9.17) is 5.73 Å². The summed E-state index contributed by atoms with van der Waals surface area (Å²) in [4.78, 5) is 25.9. The number of carbonyl (C=O) groups excluding carboxylic acids is 2. The number of hydrogen-bond donors (Lipinski definition) is 2. The van der Waals surface area contributed by atoms with Crippen LogP contribution in [0.5, 0.6) is 0 Å². The minimum Gasteiger partial charge on any atom is -0.464 e. The minimum absolute atomic E-state index is 0.0113. The zero-order valence-corrected chi connectivity index (χ0v) is 10.4. The summed E-state index contributed by atoms with van der Waals surface area (Å²) < 4.78 is 41.3. The number of alkyl halides is 3. The summed E-state index contributed by atoms with van der Waals surface area (Å²) in [5.74, 6) is -1.82. The Balaban J connectivity index is 2.69. The molecule has 1 heterocycles. The number of halogens is 3. The Bertz CT molecular complexity index is 488. The topological polar surface area (TPSA) is 94.3 Å². The number of amides is 1. The van der Waals surface area contributed by atoms with E-state index in [1.54, 1.807) is 6.92 Å². The van der Waals surface area contributed by atoms with Gasteiger partial charge in [-0.1, -0.05) is 0 Å². The van der Waals surface area contributed by atoms with Crippen molar-refractivity contribution in [2.45, 2.75) is 19.1 Å². The molecule has 0 saturated heterocycles. The molecule has 1 aromatic rings. The van der Waals surface area contributed by atoms with Crippen LogP contribution in [0, 0.1) is 0 Å². The van der Waals surface area contributed by atoms with Gasteiger partial charge in [-0.05, 0) is 19.1 Å². The Labute approximate surface area is 112 Å². The molecule has 0 aromatic carbocycles. The van der Waals surface area contributed by atoms with E-state index in [0.717, 1.165) is 12.3 Å². The highest BCUT2D eigenvalue weighted by molar-refractivity contribution is 6.08. The van der Waals surface area contributed by atoms with E-state index in [1.807, 2.05) is 0 Å². The highest BCUT2D eigenvalue weighted by Gasteiger charge is 2.32. The van der Waals surface area contributed by atoms with Crippen molar-refractivity contribution in [3.05, 3.63) is 24.0 Å². The molecule has 0 aliphatic carbocycles. The number of nitrogens with one attached hydrogen (secondary N) is 1. The van der Waals surface area contributed by atoms with Crippen LogP contribution in [0.2, 0.25) is 0 Å². The number of ether oxygens (including phenoxy) is 1. The summed E-state index contributed by atoms with van der Waals surface area (Å²) in [6.07, 6.45) is -3.75. The van der Waals surface area contributed by atoms with Crippen LogP contribution >= 0.6 is 0 Å². The van der Waals surface area contributed by atoms with E-state index in [-0.39, 0.29) is 12.3 Å². The molecule has 20 heavy (non-hydrogen) atoms. The van der Waals surface area contributed by atoms with Crippen LogP contribution in [0.3, 0.4) is 0 Å². The number of aromatic nitrogens is 1. The summed E-state index contributed by atoms with van der Waals surface area (Å²) in [6.45, 7) is 1.60. The lowest BCUT2D eigenvalue weighted by Gasteiger charge is -2.11. The van der Waals surface area contributed by atoms with E-state index in [0.29, 0.717) is 6.07 Å². The SMILES string of the molecule is CCOC(=O)C(N)C(=O)Nc1ccc(C(F)(F)F)nc1. The van der Waals surface area contributed by atoms with Crippen LogP contribution in [0.15, 0.2) is 18.3 Å². The first-order chi connectivity index (χ1) is 9.25. The molecule has 1 rings (SSSR count). The first-order valence-electron chi connectivity index (χ1n) is 5.52. The Morgan fingerprint density at radius 1 is 1.45 bits per heavy atom. The normalized spacial score (nSPS) is 12.7. The molecule has 1 atom stereocenters. The molecule has 0 aliphatic rings. The monoisotopic (exact) mass is 291 g/mol. The summed E-state index contributed by atoms with van der Waals surface area (Å²) in [5, 5.41) is 2.17. The number of pyridine rings is 1. The first kappa shape index (κ1) is 15.9. The molecule has 1 aromatic heterocycles. The fourth-order valence-corrected chi connectivity index (χ4v) is 1.19. The van der Waals surface area contributed by atoms with Gasteiger partial charge in [0.2, 0.25) is 0 Å². The quantitative estimate of drug-likeness (QED) is 0.635. The van der Waals surface area contributed by atoms with Crippen molar-refractivity contribution < 1.29 is 27.5 Å². The van der Waals surface area contributed by atoms with Gasteiger partial charge in [0, 0.05) is 0 Å². The molecule has 110 valence electrons. The van der Waals surface area contributed by atoms with Crippen molar-refractivity contribution in [1.82, 2.24) is 4.98 Å². The average Bonchev–Trinajstić information content (AvgIpc) is 2.37. The molecule has 0 saturated carbocycles. The predicted molar refractivity (Wildman–Crippen MR) is 62.5 cm³/mol. The van der Waals surface area contributed by atoms with Crippen molar-refractivity contribution in [3.8, 4) is 0 Å². The van der Waals surface area contributed by atoms with Gasteiger partial charge < -0.3 is 15.8 Å². The van der Waals surface area contributed by atoms with Gasteiger partial charge in [-0.25, -0.2) is 9.78 Å². The van der Waals surface area contributed by atoms with Gasteiger partial charge >= 0.3 is 12.1 Å². The molecular weight excluding hydrogens is 279 g/mol. The van der Waals surface area contributed by atoms with Crippen molar-refractivity contribution in [2.24, 2.45) is 5.73 Å². The van der Waals surface area contributed by atoms with Crippen molar-refractivity contribution >= 4 is 17.6 Å². The van der Waals surface area contributed by atoms with Crippen molar-refractivity contribution in [2.75, 3.05) is 11.9 Å². The van der Waals surface area contributed by atoms with E-state index in [2.05, 4.69) is 15.0 Å². The summed E-state index contributed by atoms with van der Waals surface area (Å²) in [6, 6.07) is 0.147. The molecular formula is C11H12F3N3O3. The fourth-order valence-electron chi connectivity index (χ4n) is 1.19. The maximum atomic E-state index is 12.3. The number of rotatable bonds is 4. The molecule has 0 spiro atoms. The van der Waals surface area contributed by atoms with E-state index < -0.39 is 29.8 Å². The third-order valence-electron chi connectivity index (χ3n) is 2.14. The lowest BCUT2D eigenvalue weighted by molar-refractivity contribution is -0.147. The van der Waals surface area contributed by atoms with Gasteiger partial charge in [0.25, 0.3) is 5.91 Å². The van der Waals surface area contributed by atoms with Gasteiger partial charge in [-0.15, -0.1) is 0 Å². The molecule has 0 fully saturated rings. The lowest BCUT2D eigenvalue weighted by Crippen LogP contribution is -2.43. The van der Waals surface area contributed by atoms with Crippen LogP contribution < -0.4 is 11.1 Å². The minimum atomic E-state index is -4.57. The Morgan fingerprint density at radius 2 is 2.10 bits per heavy atom. The highest BCUT2D eigenvalue weighted by atomic mass is 19.4. The van der Waals surface area contributed by atoms with Gasteiger partial charge in [0.15, 0.2) is 6.04 Å². The van der Waals surface area contributed by atoms with Crippen LogP contribution in [0.25, 0.3) is 0 Å². The average molecular weight is 291 g/mol. The molecule has 1 unspecified atom stereocenters. The van der Waals surface area contributed by atoms with E-state index >= 15 is 0 Å². The van der Waals surface area contributed by atoms with Crippen molar-refractivity contribution in [3.63, 3.8) is 0 Å². The Hall–Kier alpha value is -2.16. The molecule has 1 amide bonds. The molecule has 0 radical (unpaired) electrons. The second-order valence-electron chi connectivity index (χ2n) is 3.65. The first-order valence-corrected chi connectivity index (χ1v) is 5.52. The van der Waals surface area contributed by atoms with Gasteiger partial charge in [0.1, 0.15) is 5.69 Å². The molecule has 0 bridgehead atoms. The zero-order valence-electron chi connectivity index (χ0n) is 10.4. The van der Waals surface area contributed by atoms with Gasteiger partial charge in [0.05, 0.1) is 18.5 Å². The summed E-state index contributed by atoms with van der Waals surface area (Å²) in [5.41, 5.74) is 4.20. The molecule has 9 heteroatoms.